The summed E-state index contributed by atoms with van der Waals surface area (Å²) in [4.78, 5) is 10.8. The van der Waals surface area contributed by atoms with Crippen LogP contribution in [-0.4, -0.2) is 17.7 Å². The molecule has 0 aliphatic carbocycles. The molecule has 0 bridgehead atoms. The number of hydrogen-bond acceptors (Lipinski definition) is 2. The van der Waals surface area contributed by atoms with Crippen LogP contribution in [0.2, 0.25) is 0 Å². The first kappa shape index (κ1) is 11.3. The van der Waals surface area contributed by atoms with Gasteiger partial charge in [0.1, 0.15) is 17.9 Å². The molecule has 0 fully saturated rings. The normalized spacial score (nSPS) is 9.47. The van der Waals surface area contributed by atoms with Crippen LogP contribution in [0.3, 0.4) is 0 Å². The van der Waals surface area contributed by atoms with Gasteiger partial charge >= 0.3 is 5.97 Å². The molecule has 0 unspecified atom stereocenters. The number of carboxylic acids is 1. The van der Waals surface area contributed by atoms with E-state index in [1.807, 2.05) is 19.9 Å². The Morgan fingerprint density at radius 1 is 1.40 bits per heavy atom. The molecule has 0 saturated carbocycles. The molecule has 0 aromatic heterocycles. The van der Waals surface area contributed by atoms with E-state index in [0.29, 0.717) is 12.4 Å². The SMILES string of the molecule is CC(C)=CCOc1ccccc1C(=O)O. The van der Waals surface area contributed by atoms with Gasteiger partial charge in [-0.2, -0.15) is 0 Å². The Labute approximate surface area is 89.0 Å². The van der Waals surface area contributed by atoms with E-state index >= 15 is 0 Å². The van der Waals surface area contributed by atoms with Gasteiger partial charge in [0.05, 0.1) is 0 Å². The third kappa shape index (κ3) is 3.46. The third-order valence-electron chi connectivity index (χ3n) is 1.85. The van der Waals surface area contributed by atoms with Crippen molar-refractivity contribution in [2.75, 3.05) is 6.61 Å². The van der Waals surface area contributed by atoms with Crippen LogP contribution in [0.15, 0.2) is 35.9 Å². The van der Waals surface area contributed by atoms with Crippen LogP contribution in [0.1, 0.15) is 24.2 Å². The molecule has 1 N–H and O–H groups in total. The van der Waals surface area contributed by atoms with E-state index < -0.39 is 5.97 Å². The highest BCUT2D eigenvalue weighted by Gasteiger charge is 2.08. The summed E-state index contributed by atoms with van der Waals surface area (Å²) in [5.74, 6) is -0.565. The largest absolute Gasteiger partial charge is 0.489 e. The Morgan fingerprint density at radius 3 is 2.67 bits per heavy atom. The fourth-order valence-corrected chi connectivity index (χ4v) is 1.07. The Kier molecular flexibility index (Phi) is 3.92. The molecule has 0 heterocycles. The van der Waals surface area contributed by atoms with Gasteiger partial charge in [-0.15, -0.1) is 0 Å². The Morgan fingerprint density at radius 2 is 2.07 bits per heavy atom. The van der Waals surface area contributed by atoms with E-state index in [9.17, 15) is 4.79 Å². The van der Waals surface area contributed by atoms with Gasteiger partial charge in [-0.05, 0) is 32.1 Å². The van der Waals surface area contributed by atoms with Crippen molar-refractivity contribution in [2.24, 2.45) is 0 Å². The van der Waals surface area contributed by atoms with Crippen molar-refractivity contribution in [2.45, 2.75) is 13.8 Å². The van der Waals surface area contributed by atoms with Crippen LogP contribution in [0.4, 0.5) is 0 Å². The predicted octanol–water partition coefficient (Wildman–Crippen LogP) is 2.73. The summed E-state index contributed by atoms with van der Waals surface area (Å²) in [7, 11) is 0. The lowest BCUT2D eigenvalue weighted by Gasteiger charge is -2.06. The van der Waals surface area contributed by atoms with Crippen molar-refractivity contribution >= 4 is 5.97 Å². The summed E-state index contributed by atoms with van der Waals surface area (Å²) in [6, 6.07) is 6.62. The van der Waals surface area contributed by atoms with E-state index in [1.54, 1.807) is 18.2 Å². The fourth-order valence-electron chi connectivity index (χ4n) is 1.07. The quantitative estimate of drug-likeness (QED) is 0.770. The molecule has 0 spiro atoms. The molecule has 1 aromatic carbocycles. The Bertz CT molecular complexity index is 376. The highest BCUT2D eigenvalue weighted by molar-refractivity contribution is 5.90. The van der Waals surface area contributed by atoms with Gasteiger partial charge in [0.25, 0.3) is 0 Å². The summed E-state index contributed by atoms with van der Waals surface area (Å²) in [5.41, 5.74) is 1.34. The van der Waals surface area contributed by atoms with Crippen LogP contribution >= 0.6 is 0 Å². The van der Waals surface area contributed by atoms with Gasteiger partial charge in [0.15, 0.2) is 0 Å². The Hall–Kier alpha value is -1.77. The summed E-state index contributed by atoms with van der Waals surface area (Å²) >= 11 is 0. The first-order chi connectivity index (χ1) is 7.11. The lowest BCUT2D eigenvalue weighted by Crippen LogP contribution is -2.02. The maximum absolute atomic E-state index is 10.8. The number of carbonyl (C=O) groups is 1. The average molecular weight is 206 g/mol. The van der Waals surface area contributed by atoms with Gasteiger partial charge in [-0.25, -0.2) is 4.79 Å². The maximum atomic E-state index is 10.8. The highest BCUT2D eigenvalue weighted by atomic mass is 16.5. The number of carboxylic acid groups (broad SMARTS) is 1. The van der Waals surface area contributed by atoms with Crippen LogP contribution in [0, 0.1) is 0 Å². The topological polar surface area (TPSA) is 46.5 Å². The minimum absolute atomic E-state index is 0.194. The maximum Gasteiger partial charge on any atom is 0.339 e. The van der Waals surface area contributed by atoms with Crippen molar-refractivity contribution in [3.8, 4) is 5.75 Å². The number of allylic oxidation sites excluding steroid dienone is 1. The zero-order chi connectivity index (χ0) is 11.3. The van der Waals surface area contributed by atoms with E-state index in [-0.39, 0.29) is 5.56 Å². The lowest BCUT2D eigenvalue weighted by atomic mass is 10.2. The Balaban J connectivity index is 2.76. The highest BCUT2D eigenvalue weighted by Crippen LogP contribution is 2.17. The molecule has 3 nitrogen and oxygen atoms in total. The molecule has 0 aliphatic heterocycles. The first-order valence-electron chi connectivity index (χ1n) is 4.69. The standard InChI is InChI=1S/C12H14O3/c1-9(2)7-8-15-11-6-4-3-5-10(11)12(13)14/h3-7H,8H2,1-2H3,(H,13,14). The van der Waals surface area contributed by atoms with E-state index in [4.69, 9.17) is 9.84 Å². The van der Waals surface area contributed by atoms with Gasteiger partial charge in [0.2, 0.25) is 0 Å². The molecule has 1 rings (SSSR count). The van der Waals surface area contributed by atoms with Gasteiger partial charge in [-0.3, -0.25) is 0 Å². The van der Waals surface area contributed by atoms with Crippen molar-refractivity contribution in [1.82, 2.24) is 0 Å². The van der Waals surface area contributed by atoms with Gasteiger partial charge in [0, 0.05) is 0 Å². The smallest absolute Gasteiger partial charge is 0.339 e. The number of benzene rings is 1. The second-order valence-electron chi connectivity index (χ2n) is 3.39. The molecule has 0 saturated heterocycles. The van der Waals surface area contributed by atoms with E-state index in [1.165, 1.54) is 6.07 Å². The van der Waals surface area contributed by atoms with Crippen LogP contribution in [0.25, 0.3) is 0 Å². The minimum atomic E-state index is -0.970. The van der Waals surface area contributed by atoms with E-state index in [0.717, 1.165) is 5.57 Å². The third-order valence-corrected chi connectivity index (χ3v) is 1.85. The zero-order valence-corrected chi connectivity index (χ0v) is 8.86. The fraction of sp³-hybridized carbons (Fsp3) is 0.250. The first-order valence-corrected chi connectivity index (χ1v) is 4.69. The molecule has 15 heavy (non-hydrogen) atoms. The van der Waals surface area contributed by atoms with Gasteiger partial charge in [-0.1, -0.05) is 17.7 Å². The number of rotatable bonds is 4. The second-order valence-corrected chi connectivity index (χ2v) is 3.39. The van der Waals surface area contributed by atoms with Crippen molar-refractivity contribution < 1.29 is 14.6 Å². The number of aromatic carboxylic acids is 1. The molecule has 1 aromatic rings. The molecule has 0 amide bonds. The van der Waals surface area contributed by atoms with Crippen molar-refractivity contribution in [3.63, 3.8) is 0 Å². The zero-order valence-electron chi connectivity index (χ0n) is 8.86. The summed E-state index contributed by atoms with van der Waals surface area (Å²) in [5, 5.41) is 8.88. The lowest BCUT2D eigenvalue weighted by molar-refractivity contribution is 0.0693. The second kappa shape index (κ2) is 5.20. The monoisotopic (exact) mass is 206 g/mol. The predicted molar refractivity (Wildman–Crippen MR) is 58.3 cm³/mol. The summed E-state index contributed by atoms with van der Waals surface area (Å²) < 4.78 is 5.35. The minimum Gasteiger partial charge on any atom is -0.489 e. The molecule has 3 heteroatoms. The average Bonchev–Trinajstić information content (AvgIpc) is 2.17. The molecule has 0 aliphatic rings. The number of hydrogen-bond donors (Lipinski definition) is 1. The summed E-state index contributed by atoms with van der Waals surface area (Å²) in [6.45, 7) is 4.32. The van der Waals surface area contributed by atoms with E-state index in [2.05, 4.69) is 0 Å². The van der Waals surface area contributed by atoms with Crippen LogP contribution in [-0.2, 0) is 0 Å². The van der Waals surface area contributed by atoms with Crippen LogP contribution in [0.5, 0.6) is 5.75 Å². The molecule has 0 radical (unpaired) electrons. The summed E-state index contributed by atoms with van der Waals surface area (Å²) in [6.07, 6.45) is 1.90. The number of para-hydroxylation sites is 1. The molecular weight excluding hydrogens is 192 g/mol. The van der Waals surface area contributed by atoms with Gasteiger partial charge < -0.3 is 9.84 Å². The van der Waals surface area contributed by atoms with Crippen molar-refractivity contribution in [3.05, 3.63) is 41.5 Å². The molecule has 80 valence electrons. The number of ether oxygens (including phenoxy) is 1. The molecular formula is C12H14O3. The van der Waals surface area contributed by atoms with Crippen LogP contribution < -0.4 is 4.74 Å². The van der Waals surface area contributed by atoms with Crippen molar-refractivity contribution in [1.29, 1.82) is 0 Å². The molecule has 0 atom stereocenters.